The van der Waals surface area contributed by atoms with Crippen LogP contribution in [0.25, 0.3) is 0 Å². The number of hydrogen-bond donors (Lipinski definition) is 0. The van der Waals surface area contributed by atoms with Crippen LogP contribution < -0.4 is 15.9 Å². The third-order valence-corrected chi connectivity index (χ3v) is 17.0. The molecular formula is C34H48AuClP2Si. The van der Waals surface area contributed by atoms with E-state index in [1.165, 1.54) is 35.5 Å². The van der Waals surface area contributed by atoms with Gasteiger partial charge in [0.15, 0.2) is 0 Å². The Labute approximate surface area is 260 Å². The van der Waals surface area contributed by atoms with E-state index in [1.807, 2.05) is 0 Å². The van der Waals surface area contributed by atoms with Gasteiger partial charge in [0.2, 0.25) is 0 Å². The van der Waals surface area contributed by atoms with Crippen LogP contribution in [-0.2, 0) is 36.2 Å². The van der Waals surface area contributed by atoms with Crippen molar-refractivity contribution in [3.8, 4) is 0 Å². The Hall–Kier alpha value is -0.493. The van der Waals surface area contributed by atoms with Crippen molar-refractivity contribution in [2.75, 3.05) is 0 Å². The molecule has 39 heavy (non-hydrogen) atoms. The van der Waals surface area contributed by atoms with Crippen LogP contribution >= 0.6 is 25.3 Å². The fourth-order valence-corrected chi connectivity index (χ4v) is 14.0. The number of halogens is 1. The molecule has 0 aromatic heterocycles. The number of benzene rings is 3. The second-order valence-electron chi connectivity index (χ2n) is 14.4. The number of rotatable bonds is 5. The molecule has 0 saturated carbocycles. The second-order valence-corrected chi connectivity index (χ2v) is 23.8. The van der Waals surface area contributed by atoms with E-state index in [1.54, 1.807) is 29.9 Å². The van der Waals surface area contributed by atoms with Gasteiger partial charge in [-0.05, 0) is 56.1 Å². The summed E-state index contributed by atoms with van der Waals surface area (Å²) >= 11 is 1.75. The van der Waals surface area contributed by atoms with Crippen molar-refractivity contribution in [1.29, 1.82) is 0 Å². The van der Waals surface area contributed by atoms with E-state index in [0.29, 0.717) is 0 Å². The SMILES string of the molecule is CC(C)(C)c1cc(C(C)(C)C)c(P=C(P(c2ccccc2)c2ccccc2)[Si](C)(C)C)c(C(C)(C)C)c1.[Cl][Au]. The summed E-state index contributed by atoms with van der Waals surface area (Å²) in [6, 6.07) is 27.6. The third kappa shape index (κ3) is 9.25. The molecule has 0 bridgehead atoms. The molecule has 3 aromatic rings. The molecule has 5 heteroatoms. The summed E-state index contributed by atoms with van der Waals surface area (Å²) in [5.41, 5.74) is 4.72. The zero-order valence-corrected chi connectivity index (χ0v) is 31.7. The van der Waals surface area contributed by atoms with Crippen molar-refractivity contribution in [3.05, 3.63) is 89.5 Å². The van der Waals surface area contributed by atoms with Crippen LogP contribution in [0.5, 0.6) is 0 Å². The molecule has 0 spiro atoms. The third-order valence-electron chi connectivity index (χ3n) is 6.72. The molecule has 216 valence electrons. The van der Waals surface area contributed by atoms with E-state index < -0.39 is 16.0 Å². The fourth-order valence-electron chi connectivity index (χ4n) is 4.54. The summed E-state index contributed by atoms with van der Waals surface area (Å²) in [5, 5.41) is 4.48. The summed E-state index contributed by atoms with van der Waals surface area (Å²) in [6.07, 6.45) is 0. The molecule has 0 nitrogen and oxygen atoms in total. The van der Waals surface area contributed by atoms with Crippen LogP contribution in [-0.4, -0.2) is 12.7 Å². The van der Waals surface area contributed by atoms with Gasteiger partial charge in [0, 0.05) is 5.30 Å². The van der Waals surface area contributed by atoms with Gasteiger partial charge in [0.1, 0.15) is 0 Å². The van der Waals surface area contributed by atoms with Gasteiger partial charge in [-0.15, -0.1) is 0 Å². The number of hydrogen-bond acceptors (Lipinski definition) is 0. The van der Waals surface area contributed by atoms with E-state index in [2.05, 4.69) is 164 Å². The molecule has 0 aliphatic heterocycles. The molecule has 0 amide bonds. The second kappa shape index (κ2) is 13.7. The van der Waals surface area contributed by atoms with Gasteiger partial charge in [0.05, 0.1) is 8.07 Å². The first kappa shape index (κ1) is 34.7. The summed E-state index contributed by atoms with van der Waals surface area (Å²) in [5.74, 6) is 0. The monoisotopic (exact) mass is 778 g/mol. The minimum absolute atomic E-state index is 0.0659. The molecule has 0 aliphatic rings. The van der Waals surface area contributed by atoms with Gasteiger partial charge >= 0.3 is 29.2 Å². The Balaban J connectivity index is 0.00000260. The normalized spacial score (nSPS) is 13.3. The Morgan fingerprint density at radius 1 is 0.641 bits per heavy atom. The fraction of sp³-hybridized carbons (Fsp3) is 0.441. The topological polar surface area (TPSA) is 0 Å². The molecule has 0 heterocycles. The first-order valence-corrected chi connectivity index (χ1v) is 22.1. The molecule has 0 aliphatic carbocycles. The summed E-state index contributed by atoms with van der Waals surface area (Å²) < 4.78 is 1.75. The average molecular weight is 779 g/mol. The van der Waals surface area contributed by atoms with Gasteiger partial charge in [-0.1, -0.05) is 163 Å². The maximum atomic E-state index is 4.58. The van der Waals surface area contributed by atoms with Crippen LogP contribution in [0, 0.1) is 0 Å². The van der Waals surface area contributed by atoms with Crippen LogP contribution in [0.15, 0.2) is 72.8 Å². The Morgan fingerprint density at radius 3 is 1.28 bits per heavy atom. The molecule has 0 N–H and O–H groups in total. The Bertz CT molecular complexity index is 1170. The molecule has 3 rings (SSSR count). The van der Waals surface area contributed by atoms with Crippen molar-refractivity contribution in [2.24, 2.45) is 0 Å². The van der Waals surface area contributed by atoms with Crippen molar-refractivity contribution in [1.82, 2.24) is 0 Å². The van der Waals surface area contributed by atoms with Gasteiger partial charge < -0.3 is 0 Å². The molecule has 3 aromatic carbocycles. The first-order chi connectivity index (χ1) is 17.9. The first-order valence-electron chi connectivity index (χ1n) is 13.7. The average Bonchev–Trinajstić information content (AvgIpc) is 2.83. The van der Waals surface area contributed by atoms with Gasteiger partial charge in [-0.3, -0.25) is 0 Å². The standard InChI is InChI=1S/C34H48P2Si.Au.ClH/c1-32(2,3)25-23-28(33(4,5)6)30(29(24-25)34(7,8)9)35-31(37(10,11)12)36(26-19-15-13-16-20-26)27-21-17-14-18-22-27;;/h13-24H,1-12H3;;1H/q;+1;/p-1. The summed E-state index contributed by atoms with van der Waals surface area (Å²) in [4.78, 5) is 0. The van der Waals surface area contributed by atoms with E-state index in [4.69, 9.17) is 0 Å². The Kier molecular flexibility index (Phi) is 12.2. The predicted octanol–water partition coefficient (Wildman–Crippen LogP) is 9.98. The van der Waals surface area contributed by atoms with E-state index in [0.717, 1.165) is 0 Å². The van der Waals surface area contributed by atoms with E-state index >= 15 is 0 Å². The molecule has 0 radical (unpaired) electrons. The van der Waals surface area contributed by atoms with E-state index in [9.17, 15) is 0 Å². The molecule has 0 saturated heterocycles. The van der Waals surface area contributed by atoms with Crippen LogP contribution in [0.2, 0.25) is 19.6 Å². The van der Waals surface area contributed by atoms with Gasteiger partial charge in [-0.25, -0.2) is 0 Å². The molecule has 0 unspecified atom stereocenters. The van der Waals surface area contributed by atoms with Crippen molar-refractivity contribution < 1.29 is 20.0 Å². The molecule has 0 atom stereocenters. The predicted molar refractivity (Wildman–Crippen MR) is 182 cm³/mol. The Morgan fingerprint density at radius 2 is 1.00 bits per heavy atom. The van der Waals surface area contributed by atoms with Crippen molar-refractivity contribution >= 4 is 54.0 Å². The van der Waals surface area contributed by atoms with Crippen molar-refractivity contribution in [2.45, 2.75) is 98.2 Å². The zero-order valence-electron chi connectivity index (χ0n) is 26.0. The zero-order chi connectivity index (χ0) is 29.8. The van der Waals surface area contributed by atoms with Crippen LogP contribution in [0.4, 0.5) is 0 Å². The summed E-state index contributed by atoms with van der Waals surface area (Å²) in [7, 11) is 3.74. The quantitative estimate of drug-likeness (QED) is 0.179. The molecule has 0 fully saturated rings. The maximum absolute atomic E-state index is 4.58. The minimum atomic E-state index is -1.68. The van der Waals surface area contributed by atoms with Crippen LogP contribution in [0.3, 0.4) is 0 Å². The van der Waals surface area contributed by atoms with E-state index in [-0.39, 0.29) is 16.2 Å². The van der Waals surface area contributed by atoms with Gasteiger partial charge in [0.25, 0.3) is 0 Å². The van der Waals surface area contributed by atoms with Gasteiger partial charge in [-0.2, -0.15) is 0 Å². The van der Waals surface area contributed by atoms with Crippen molar-refractivity contribution in [3.63, 3.8) is 0 Å². The summed E-state index contributed by atoms with van der Waals surface area (Å²) in [6.45, 7) is 29.1. The van der Waals surface area contributed by atoms with Crippen LogP contribution in [0.1, 0.15) is 79.0 Å². The molecular weight excluding hydrogens is 731 g/mol.